The van der Waals surface area contributed by atoms with Crippen molar-refractivity contribution in [3.05, 3.63) is 28.8 Å². The van der Waals surface area contributed by atoms with Crippen molar-refractivity contribution >= 4 is 11.6 Å². The van der Waals surface area contributed by atoms with E-state index in [9.17, 15) is 0 Å². The molecule has 1 N–H and O–H groups in total. The fourth-order valence-electron chi connectivity index (χ4n) is 1.79. The van der Waals surface area contributed by atoms with Gasteiger partial charge in [-0.25, -0.2) is 0 Å². The van der Waals surface area contributed by atoms with E-state index < -0.39 is 0 Å². The highest BCUT2D eigenvalue weighted by atomic mass is 35.5. The van der Waals surface area contributed by atoms with Crippen LogP contribution >= 0.6 is 11.6 Å². The van der Waals surface area contributed by atoms with Crippen LogP contribution in [0.1, 0.15) is 18.4 Å². The van der Waals surface area contributed by atoms with Crippen LogP contribution in [0, 0.1) is 0 Å². The smallest absolute Gasteiger partial charge is 0.123 e. The van der Waals surface area contributed by atoms with Crippen LogP contribution in [-0.4, -0.2) is 39.2 Å². The first-order chi connectivity index (χ1) is 8.63. The van der Waals surface area contributed by atoms with Crippen molar-refractivity contribution in [3.63, 3.8) is 0 Å². The lowest BCUT2D eigenvalue weighted by atomic mass is 10.2. The van der Waals surface area contributed by atoms with E-state index in [1.54, 1.807) is 7.11 Å². The van der Waals surface area contributed by atoms with E-state index in [0.29, 0.717) is 0 Å². The molecule has 0 aliphatic rings. The summed E-state index contributed by atoms with van der Waals surface area (Å²) in [6.07, 6.45) is 2.40. The molecular formula is C14H23ClN2O. The Morgan fingerprint density at radius 2 is 2.06 bits per heavy atom. The predicted octanol–water partition coefficient (Wildman–Crippen LogP) is 2.78. The van der Waals surface area contributed by atoms with E-state index in [1.165, 1.54) is 12.8 Å². The summed E-state index contributed by atoms with van der Waals surface area (Å²) in [5.74, 6) is 0.889. The van der Waals surface area contributed by atoms with Crippen LogP contribution in [0.25, 0.3) is 0 Å². The standard InChI is InChI=1S/C14H23ClN2O/c1-17(2)9-5-4-8-16-11-12-10-13(15)6-7-14(12)18-3/h6-7,10,16H,4-5,8-9,11H2,1-3H3. The van der Waals surface area contributed by atoms with Crippen molar-refractivity contribution in [1.29, 1.82) is 0 Å². The number of methoxy groups -OCH3 is 1. The van der Waals surface area contributed by atoms with Crippen LogP contribution in [0.4, 0.5) is 0 Å². The predicted molar refractivity (Wildman–Crippen MR) is 77.5 cm³/mol. The molecule has 0 spiro atoms. The van der Waals surface area contributed by atoms with E-state index in [-0.39, 0.29) is 0 Å². The fraction of sp³-hybridized carbons (Fsp3) is 0.571. The molecule has 0 saturated heterocycles. The molecule has 0 amide bonds. The van der Waals surface area contributed by atoms with Gasteiger partial charge in [0, 0.05) is 17.1 Å². The zero-order chi connectivity index (χ0) is 13.4. The summed E-state index contributed by atoms with van der Waals surface area (Å²) in [5, 5.41) is 4.17. The monoisotopic (exact) mass is 270 g/mol. The lowest BCUT2D eigenvalue weighted by molar-refractivity contribution is 0.390. The van der Waals surface area contributed by atoms with Crippen LogP contribution < -0.4 is 10.1 Å². The Bertz CT molecular complexity index is 356. The minimum Gasteiger partial charge on any atom is -0.496 e. The van der Waals surface area contributed by atoms with Gasteiger partial charge >= 0.3 is 0 Å². The summed E-state index contributed by atoms with van der Waals surface area (Å²) < 4.78 is 5.30. The van der Waals surface area contributed by atoms with Gasteiger partial charge in [-0.2, -0.15) is 0 Å². The second kappa shape index (κ2) is 8.35. The Labute approximate surface area is 115 Å². The second-order valence-corrected chi connectivity index (χ2v) is 5.08. The molecular weight excluding hydrogens is 248 g/mol. The molecule has 0 heterocycles. The van der Waals surface area contributed by atoms with Crippen molar-refractivity contribution in [2.75, 3.05) is 34.3 Å². The van der Waals surface area contributed by atoms with Gasteiger partial charge in [0.05, 0.1) is 7.11 Å². The average molecular weight is 271 g/mol. The lowest BCUT2D eigenvalue weighted by Crippen LogP contribution is -2.18. The Balaban J connectivity index is 2.28. The molecule has 1 aromatic rings. The molecule has 0 radical (unpaired) electrons. The lowest BCUT2D eigenvalue weighted by Gasteiger charge is -2.11. The molecule has 1 aromatic carbocycles. The number of unbranched alkanes of at least 4 members (excludes halogenated alkanes) is 1. The molecule has 0 aromatic heterocycles. The zero-order valence-electron chi connectivity index (χ0n) is 11.5. The molecule has 4 heteroatoms. The van der Waals surface area contributed by atoms with Crippen molar-refractivity contribution < 1.29 is 4.74 Å². The van der Waals surface area contributed by atoms with E-state index >= 15 is 0 Å². The fourth-order valence-corrected chi connectivity index (χ4v) is 1.98. The maximum absolute atomic E-state index is 5.98. The highest BCUT2D eigenvalue weighted by Crippen LogP contribution is 2.22. The Morgan fingerprint density at radius 1 is 1.28 bits per heavy atom. The Morgan fingerprint density at radius 3 is 2.72 bits per heavy atom. The summed E-state index contributed by atoms with van der Waals surface area (Å²) in [5.41, 5.74) is 1.11. The van der Waals surface area contributed by atoms with Gasteiger partial charge in [-0.1, -0.05) is 11.6 Å². The van der Waals surface area contributed by atoms with Crippen molar-refractivity contribution in [1.82, 2.24) is 10.2 Å². The van der Waals surface area contributed by atoms with E-state index in [0.717, 1.165) is 36.0 Å². The van der Waals surface area contributed by atoms with E-state index in [4.69, 9.17) is 16.3 Å². The van der Waals surface area contributed by atoms with Crippen LogP contribution in [0.15, 0.2) is 18.2 Å². The van der Waals surface area contributed by atoms with Crippen LogP contribution in [0.5, 0.6) is 5.75 Å². The van der Waals surface area contributed by atoms with Gasteiger partial charge in [-0.15, -0.1) is 0 Å². The molecule has 0 unspecified atom stereocenters. The third-order valence-corrected chi connectivity index (χ3v) is 3.00. The quantitative estimate of drug-likeness (QED) is 0.735. The minimum absolute atomic E-state index is 0.750. The first-order valence-corrected chi connectivity index (χ1v) is 6.69. The molecule has 0 atom stereocenters. The van der Waals surface area contributed by atoms with Gasteiger partial charge in [0.25, 0.3) is 0 Å². The van der Waals surface area contributed by atoms with Crippen molar-refractivity contribution in [2.45, 2.75) is 19.4 Å². The third-order valence-electron chi connectivity index (χ3n) is 2.77. The summed E-state index contributed by atoms with van der Waals surface area (Å²) in [6.45, 7) is 2.96. The van der Waals surface area contributed by atoms with E-state index in [1.807, 2.05) is 18.2 Å². The molecule has 0 bridgehead atoms. The maximum atomic E-state index is 5.98. The molecule has 0 aliphatic carbocycles. The van der Waals surface area contributed by atoms with Crippen molar-refractivity contribution in [2.24, 2.45) is 0 Å². The largest absolute Gasteiger partial charge is 0.496 e. The first kappa shape index (κ1) is 15.3. The Hall–Kier alpha value is -0.770. The highest BCUT2D eigenvalue weighted by Gasteiger charge is 2.03. The normalized spacial score (nSPS) is 10.9. The maximum Gasteiger partial charge on any atom is 0.123 e. The number of hydrogen-bond donors (Lipinski definition) is 1. The number of ether oxygens (including phenoxy) is 1. The van der Waals surface area contributed by atoms with Crippen molar-refractivity contribution in [3.8, 4) is 5.75 Å². The summed E-state index contributed by atoms with van der Waals surface area (Å²) in [7, 11) is 5.89. The van der Waals surface area contributed by atoms with Gasteiger partial charge in [-0.3, -0.25) is 0 Å². The minimum atomic E-state index is 0.750. The van der Waals surface area contributed by atoms with Crippen LogP contribution in [-0.2, 0) is 6.54 Å². The van der Waals surface area contributed by atoms with Gasteiger partial charge in [-0.05, 0) is 58.2 Å². The van der Waals surface area contributed by atoms with Gasteiger partial charge in [0.15, 0.2) is 0 Å². The molecule has 18 heavy (non-hydrogen) atoms. The van der Waals surface area contributed by atoms with E-state index in [2.05, 4.69) is 24.3 Å². The number of benzene rings is 1. The number of nitrogens with one attached hydrogen (secondary N) is 1. The van der Waals surface area contributed by atoms with Crippen LogP contribution in [0.2, 0.25) is 5.02 Å². The molecule has 0 aliphatic heterocycles. The first-order valence-electron chi connectivity index (χ1n) is 6.31. The summed E-state index contributed by atoms with van der Waals surface area (Å²) in [6, 6.07) is 5.71. The molecule has 1 rings (SSSR count). The van der Waals surface area contributed by atoms with Gasteiger partial charge < -0.3 is 15.0 Å². The Kier molecular flexibility index (Phi) is 7.09. The summed E-state index contributed by atoms with van der Waals surface area (Å²) in [4.78, 5) is 2.21. The molecule has 102 valence electrons. The molecule has 3 nitrogen and oxygen atoms in total. The number of rotatable bonds is 8. The third kappa shape index (κ3) is 5.71. The SMILES string of the molecule is COc1ccc(Cl)cc1CNCCCCN(C)C. The summed E-state index contributed by atoms with van der Waals surface area (Å²) >= 11 is 5.98. The van der Waals surface area contributed by atoms with Gasteiger partial charge in [0.1, 0.15) is 5.75 Å². The number of nitrogens with zero attached hydrogens (tertiary/aromatic N) is 1. The number of hydrogen-bond acceptors (Lipinski definition) is 3. The average Bonchev–Trinajstić information content (AvgIpc) is 2.33. The zero-order valence-corrected chi connectivity index (χ0v) is 12.3. The second-order valence-electron chi connectivity index (χ2n) is 4.64. The highest BCUT2D eigenvalue weighted by molar-refractivity contribution is 6.30. The van der Waals surface area contributed by atoms with Gasteiger partial charge in [0.2, 0.25) is 0 Å². The topological polar surface area (TPSA) is 24.5 Å². The van der Waals surface area contributed by atoms with Crippen LogP contribution in [0.3, 0.4) is 0 Å². The number of halogens is 1. The molecule has 0 fully saturated rings. The molecule has 0 saturated carbocycles.